The normalized spacial score (nSPS) is 10.7. The average Bonchev–Trinajstić information content (AvgIpc) is 2.46. The third-order valence-electron chi connectivity index (χ3n) is 3.60. The summed E-state index contributed by atoms with van der Waals surface area (Å²) in [6.07, 6.45) is 4.75. The third-order valence-corrected chi connectivity index (χ3v) is 3.60. The molecule has 0 heterocycles. The van der Waals surface area contributed by atoms with Crippen molar-refractivity contribution in [3.05, 3.63) is 78.9 Å². The molecule has 0 aromatic heterocycles. The first-order valence-electron chi connectivity index (χ1n) is 6.51. The van der Waals surface area contributed by atoms with Crippen LogP contribution in [0.4, 0.5) is 0 Å². The number of benzene rings is 3. The van der Waals surface area contributed by atoms with Crippen LogP contribution in [-0.4, -0.2) is 0 Å². The summed E-state index contributed by atoms with van der Waals surface area (Å²) in [5.74, 6) is 0. The molecule has 0 unspecified atom stereocenters. The molecule has 0 radical (unpaired) electrons. The molecule has 0 saturated heterocycles. The zero-order chi connectivity index (χ0) is 13.2. The minimum Gasteiger partial charge on any atom is -0.103 e. The van der Waals surface area contributed by atoms with Crippen LogP contribution in [0, 0.1) is 0 Å². The maximum Gasteiger partial charge on any atom is -0.00880 e. The van der Waals surface area contributed by atoms with E-state index >= 15 is 0 Å². The zero-order valence-corrected chi connectivity index (χ0v) is 10.9. The molecule has 0 amide bonds. The van der Waals surface area contributed by atoms with E-state index in [0.29, 0.717) is 0 Å². The molecule has 3 rings (SSSR count). The van der Waals surface area contributed by atoms with Crippen molar-refractivity contribution in [2.75, 3.05) is 0 Å². The maximum absolute atomic E-state index is 3.91. The van der Waals surface area contributed by atoms with Crippen LogP contribution in [0.2, 0.25) is 0 Å². The van der Waals surface area contributed by atoms with Crippen molar-refractivity contribution in [3.63, 3.8) is 0 Å². The molecule has 3 aromatic carbocycles. The van der Waals surface area contributed by atoms with Gasteiger partial charge in [0.15, 0.2) is 0 Å². The van der Waals surface area contributed by atoms with Crippen LogP contribution in [0.15, 0.2) is 67.8 Å². The van der Waals surface area contributed by atoms with E-state index in [1.165, 1.54) is 32.7 Å². The molecule has 0 aliphatic rings. The van der Waals surface area contributed by atoms with E-state index in [9.17, 15) is 0 Å². The lowest BCUT2D eigenvalue weighted by Gasteiger charge is -2.10. The lowest BCUT2D eigenvalue weighted by atomic mass is 9.94. The summed E-state index contributed by atoms with van der Waals surface area (Å²) >= 11 is 0. The number of hydrogen-bond acceptors (Lipinski definition) is 0. The molecule has 0 fully saturated rings. The van der Waals surface area contributed by atoms with Gasteiger partial charge in [-0.1, -0.05) is 55.1 Å². The van der Waals surface area contributed by atoms with E-state index in [1.54, 1.807) is 0 Å². The molecule has 0 saturated carbocycles. The first-order valence-corrected chi connectivity index (χ1v) is 6.51. The van der Waals surface area contributed by atoms with Crippen LogP contribution >= 0.6 is 0 Å². The lowest BCUT2D eigenvalue weighted by Crippen LogP contribution is -1.90. The van der Waals surface area contributed by atoms with Gasteiger partial charge in [-0.25, -0.2) is 0 Å². The van der Waals surface area contributed by atoms with Crippen molar-refractivity contribution in [1.29, 1.82) is 0 Å². The van der Waals surface area contributed by atoms with E-state index in [1.807, 2.05) is 12.2 Å². The smallest absolute Gasteiger partial charge is 0.00880 e. The van der Waals surface area contributed by atoms with Crippen molar-refractivity contribution >= 4 is 27.6 Å². The van der Waals surface area contributed by atoms with Gasteiger partial charge in [0.25, 0.3) is 0 Å². The quantitative estimate of drug-likeness (QED) is 0.429. The number of rotatable bonds is 3. The molecule has 0 aliphatic heterocycles. The Morgan fingerprint density at radius 1 is 0.842 bits per heavy atom. The number of hydrogen-bond donors (Lipinski definition) is 0. The van der Waals surface area contributed by atoms with Crippen LogP contribution in [0.5, 0.6) is 0 Å². The summed E-state index contributed by atoms with van der Waals surface area (Å²) in [7, 11) is 0. The molecule has 0 atom stereocenters. The molecule has 92 valence electrons. The maximum atomic E-state index is 3.91. The second-order valence-corrected chi connectivity index (χ2v) is 4.75. The van der Waals surface area contributed by atoms with Gasteiger partial charge in [0, 0.05) is 0 Å². The summed E-state index contributed by atoms with van der Waals surface area (Å²) in [5, 5.41) is 5.14. The summed E-state index contributed by atoms with van der Waals surface area (Å²) in [5.41, 5.74) is 2.51. The summed E-state index contributed by atoms with van der Waals surface area (Å²) < 4.78 is 0. The topological polar surface area (TPSA) is 0 Å². The Labute approximate surface area is 113 Å². The largest absolute Gasteiger partial charge is 0.103 e. The SMILES string of the molecule is C=CCc1c(C=C)ccc2cc3ccccc3cc12. The van der Waals surface area contributed by atoms with E-state index in [2.05, 4.69) is 61.7 Å². The Morgan fingerprint density at radius 3 is 2.26 bits per heavy atom. The lowest BCUT2D eigenvalue weighted by molar-refractivity contribution is 1.30. The summed E-state index contributed by atoms with van der Waals surface area (Å²) in [6, 6.07) is 17.3. The fourth-order valence-electron chi connectivity index (χ4n) is 2.66. The van der Waals surface area contributed by atoms with Gasteiger partial charge in [-0.15, -0.1) is 6.58 Å². The van der Waals surface area contributed by atoms with Gasteiger partial charge in [-0.2, -0.15) is 0 Å². The Hall–Kier alpha value is -2.34. The zero-order valence-electron chi connectivity index (χ0n) is 10.9. The van der Waals surface area contributed by atoms with Crippen molar-refractivity contribution in [2.45, 2.75) is 6.42 Å². The van der Waals surface area contributed by atoms with Crippen molar-refractivity contribution < 1.29 is 0 Å². The molecule has 0 aliphatic carbocycles. The van der Waals surface area contributed by atoms with Crippen LogP contribution in [0.1, 0.15) is 11.1 Å². The minimum absolute atomic E-state index is 0.872. The monoisotopic (exact) mass is 244 g/mol. The molecule has 0 heteroatoms. The second kappa shape index (κ2) is 4.74. The van der Waals surface area contributed by atoms with Gasteiger partial charge in [-0.05, 0) is 51.2 Å². The highest BCUT2D eigenvalue weighted by molar-refractivity contribution is 6.00. The van der Waals surface area contributed by atoms with E-state index in [0.717, 1.165) is 6.42 Å². The first-order chi connectivity index (χ1) is 9.33. The van der Waals surface area contributed by atoms with Crippen LogP contribution in [0.3, 0.4) is 0 Å². The van der Waals surface area contributed by atoms with Gasteiger partial charge < -0.3 is 0 Å². The minimum atomic E-state index is 0.872. The second-order valence-electron chi connectivity index (χ2n) is 4.75. The Morgan fingerprint density at radius 2 is 1.58 bits per heavy atom. The van der Waals surface area contributed by atoms with Gasteiger partial charge in [0.1, 0.15) is 0 Å². The first kappa shape index (κ1) is 11.7. The molecule has 19 heavy (non-hydrogen) atoms. The van der Waals surface area contributed by atoms with Gasteiger partial charge in [0.05, 0.1) is 0 Å². The van der Waals surface area contributed by atoms with E-state index in [-0.39, 0.29) is 0 Å². The van der Waals surface area contributed by atoms with Crippen molar-refractivity contribution in [3.8, 4) is 0 Å². The number of fused-ring (bicyclic) bond motifs is 2. The summed E-state index contributed by atoms with van der Waals surface area (Å²) in [4.78, 5) is 0. The molecule has 0 N–H and O–H groups in total. The van der Waals surface area contributed by atoms with Crippen LogP contribution < -0.4 is 0 Å². The van der Waals surface area contributed by atoms with E-state index < -0.39 is 0 Å². The highest BCUT2D eigenvalue weighted by atomic mass is 14.1. The van der Waals surface area contributed by atoms with Gasteiger partial charge in [0.2, 0.25) is 0 Å². The standard InChI is InChI=1S/C19H16/c1-3-7-18-14(4-2)10-11-17-12-15-8-5-6-9-16(15)13-19(17)18/h3-6,8-13H,1-2,7H2. The van der Waals surface area contributed by atoms with E-state index in [4.69, 9.17) is 0 Å². The fraction of sp³-hybridized carbons (Fsp3) is 0.0526. The number of allylic oxidation sites excluding steroid dienone is 1. The third kappa shape index (κ3) is 1.96. The molecule has 0 spiro atoms. The highest BCUT2D eigenvalue weighted by Crippen LogP contribution is 2.28. The van der Waals surface area contributed by atoms with Gasteiger partial charge in [-0.3, -0.25) is 0 Å². The molecular weight excluding hydrogens is 228 g/mol. The highest BCUT2D eigenvalue weighted by Gasteiger charge is 2.05. The predicted molar refractivity (Wildman–Crippen MR) is 85.4 cm³/mol. The van der Waals surface area contributed by atoms with Crippen LogP contribution in [-0.2, 0) is 6.42 Å². The molecule has 0 nitrogen and oxygen atoms in total. The molecule has 3 aromatic rings. The Bertz CT molecular complexity index is 778. The summed E-state index contributed by atoms with van der Waals surface area (Å²) in [6.45, 7) is 7.77. The Kier molecular flexibility index (Phi) is 2.92. The average molecular weight is 244 g/mol. The van der Waals surface area contributed by atoms with Crippen LogP contribution in [0.25, 0.3) is 27.6 Å². The molecule has 0 bridgehead atoms. The fourth-order valence-corrected chi connectivity index (χ4v) is 2.66. The van der Waals surface area contributed by atoms with Crippen molar-refractivity contribution in [2.24, 2.45) is 0 Å². The van der Waals surface area contributed by atoms with Crippen molar-refractivity contribution in [1.82, 2.24) is 0 Å². The Balaban J connectivity index is 2.42. The van der Waals surface area contributed by atoms with Gasteiger partial charge >= 0.3 is 0 Å². The molecular formula is C19H16. The predicted octanol–water partition coefficient (Wildman–Crippen LogP) is 5.36.